The summed E-state index contributed by atoms with van der Waals surface area (Å²) in [5.41, 5.74) is 0. The van der Waals surface area contributed by atoms with Crippen molar-refractivity contribution in [2.45, 2.75) is 45.1 Å². The smallest absolute Gasteiger partial charge is 0.193 e. The summed E-state index contributed by atoms with van der Waals surface area (Å²) >= 11 is 0. The summed E-state index contributed by atoms with van der Waals surface area (Å²) in [6.45, 7) is 14.1. The van der Waals surface area contributed by atoms with E-state index in [1.54, 1.807) is 0 Å². The van der Waals surface area contributed by atoms with Gasteiger partial charge < -0.3 is 19.9 Å². The molecular formula is C19H37N5O. The van der Waals surface area contributed by atoms with Crippen LogP contribution in [0.5, 0.6) is 0 Å². The lowest BCUT2D eigenvalue weighted by atomic mass is 10.2. The third-order valence-electron chi connectivity index (χ3n) is 5.70. The molecule has 1 unspecified atom stereocenters. The van der Waals surface area contributed by atoms with Crippen LogP contribution in [0.4, 0.5) is 0 Å². The first kappa shape index (κ1) is 18.9. The predicted molar refractivity (Wildman–Crippen MR) is 103 cm³/mol. The number of ether oxygens (including phenoxy) is 1. The summed E-state index contributed by atoms with van der Waals surface area (Å²) in [5, 5.41) is 3.50. The molecule has 3 heterocycles. The molecule has 0 saturated carbocycles. The third kappa shape index (κ3) is 5.83. The Morgan fingerprint density at radius 2 is 1.88 bits per heavy atom. The lowest BCUT2D eigenvalue weighted by molar-refractivity contribution is 0.0195. The maximum Gasteiger partial charge on any atom is 0.193 e. The molecule has 0 spiro atoms. The Kier molecular flexibility index (Phi) is 7.82. The molecule has 3 saturated heterocycles. The fraction of sp³-hybridized carbons (Fsp3) is 0.947. The van der Waals surface area contributed by atoms with E-state index in [9.17, 15) is 0 Å². The van der Waals surface area contributed by atoms with E-state index >= 15 is 0 Å². The quantitative estimate of drug-likeness (QED) is 0.425. The zero-order valence-electron chi connectivity index (χ0n) is 16.1. The number of hydrogen-bond acceptors (Lipinski definition) is 4. The van der Waals surface area contributed by atoms with Crippen molar-refractivity contribution >= 4 is 5.96 Å². The molecule has 144 valence electrons. The highest BCUT2D eigenvalue weighted by atomic mass is 16.5. The van der Waals surface area contributed by atoms with Crippen molar-refractivity contribution in [1.82, 2.24) is 20.0 Å². The molecule has 6 heteroatoms. The second kappa shape index (κ2) is 10.3. The highest BCUT2D eigenvalue weighted by molar-refractivity contribution is 5.80. The van der Waals surface area contributed by atoms with Crippen LogP contribution in [0, 0.1) is 0 Å². The van der Waals surface area contributed by atoms with Gasteiger partial charge in [-0.1, -0.05) is 0 Å². The monoisotopic (exact) mass is 351 g/mol. The van der Waals surface area contributed by atoms with E-state index in [0.29, 0.717) is 6.04 Å². The summed E-state index contributed by atoms with van der Waals surface area (Å²) < 4.78 is 5.49. The van der Waals surface area contributed by atoms with E-state index in [0.717, 1.165) is 58.4 Å². The van der Waals surface area contributed by atoms with Crippen LogP contribution in [0.3, 0.4) is 0 Å². The fourth-order valence-corrected chi connectivity index (χ4v) is 4.24. The number of hydrogen-bond donors (Lipinski definition) is 1. The Balaban J connectivity index is 1.40. The maximum absolute atomic E-state index is 5.49. The molecule has 0 aromatic rings. The van der Waals surface area contributed by atoms with Gasteiger partial charge in [0, 0.05) is 45.3 Å². The number of rotatable bonds is 7. The molecule has 0 aliphatic carbocycles. The molecule has 0 amide bonds. The van der Waals surface area contributed by atoms with E-state index in [1.807, 2.05) is 0 Å². The molecule has 0 aromatic heterocycles. The average molecular weight is 352 g/mol. The Morgan fingerprint density at radius 3 is 2.64 bits per heavy atom. The molecule has 6 nitrogen and oxygen atoms in total. The molecule has 1 N–H and O–H groups in total. The second-order valence-electron chi connectivity index (χ2n) is 7.53. The van der Waals surface area contributed by atoms with Crippen LogP contribution in [-0.4, -0.2) is 98.8 Å². The van der Waals surface area contributed by atoms with Crippen LogP contribution < -0.4 is 5.32 Å². The van der Waals surface area contributed by atoms with Gasteiger partial charge in [0.05, 0.1) is 13.2 Å². The second-order valence-corrected chi connectivity index (χ2v) is 7.53. The van der Waals surface area contributed by atoms with Crippen molar-refractivity contribution in [3.05, 3.63) is 0 Å². The summed E-state index contributed by atoms with van der Waals surface area (Å²) in [4.78, 5) is 12.6. The zero-order valence-corrected chi connectivity index (χ0v) is 16.1. The van der Waals surface area contributed by atoms with Gasteiger partial charge in [0.25, 0.3) is 0 Å². The summed E-state index contributed by atoms with van der Waals surface area (Å²) in [6, 6.07) is 0.669. The van der Waals surface area contributed by atoms with Gasteiger partial charge in [-0.05, 0) is 58.7 Å². The highest BCUT2D eigenvalue weighted by Gasteiger charge is 2.30. The number of morpholine rings is 1. The lowest BCUT2D eigenvalue weighted by Crippen LogP contribution is -2.46. The van der Waals surface area contributed by atoms with Gasteiger partial charge in [-0.25, -0.2) is 0 Å². The summed E-state index contributed by atoms with van der Waals surface area (Å²) in [6.07, 6.45) is 6.51. The standard InChI is InChI=1S/C19H37N5O/c1-2-20-19(21-8-3-4-9-22-10-5-6-11-22)24-12-7-18(17-24)23-13-15-25-16-14-23/h18H,2-17H2,1H3,(H,20,21). The molecular weight excluding hydrogens is 314 g/mol. The number of unbranched alkanes of at least 4 members (excludes halogenated alkanes) is 1. The van der Waals surface area contributed by atoms with Gasteiger partial charge in [-0.3, -0.25) is 9.89 Å². The number of nitrogens with zero attached hydrogens (tertiary/aromatic N) is 4. The van der Waals surface area contributed by atoms with Crippen molar-refractivity contribution in [1.29, 1.82) is 0 Å². The van der Waals surface area contributed by atoms with Crippen LogP contribution in [-0.2, 0) is 4.74 Å². The van der Waals surface area contributed by atoms with Crippen LogP contribution in [0.25, 0.3) is 0 Å². The number of aliphatic imine (C=N–C) groups is 1. The zero-order chi connectivity index (χ0) is 17.3. The first-order valence-corrected chi connectivity index (χ1v) is 10.4. The van der Waals surface area contributed by atoms with Gasteiger partial charge in [-0.2, -0.15) is 0 Å². The van der Waals surface area contributed by atoms with Gasteiger partial charge in [0.1, 0.15) is 0 Å². The molecule has 1 atom stereocenters. The number of guanidine groups is 1. The van der Waals surface area contributed by atoms with E-state index in [-0.39, 0.29) is 0 Å². The fourth-order valence-electron chi connectivity index (χ4n) is 4.24. The van der Waals surface area contributed by atoms with Crippen molar-refractivity contribution in [2.75, 3.05) is 72.1 Å². The predicted octanol–water partition coefficient (Wildman–Crippen LogP) is 1.23. The van der Waals surface area contributed by atoms with Crippen LogP contribution in [0.15, 0.2) is 4.99 Å². The summed E-state index contributed by atoms with van der Waals surface area (Å²) in [7, 11) is 0. The largest absolute Gasteiger partial charge is 0.379 e. The average Bonchev–Trinajstić information content (AvgIpc) is 3.33. The molecule has 25 heavy (non-hydrogen) atoms. The maximum atomic E-state index is 5.49. The molecule has 0 bridgehead atoms. The van der Waals surface area contributed by atoms with E-state index in [4.69, 9.17) is 9.73 Å². The van der Waals surface area contributed by atoms with Crippen molar-refractivity contribution in [2.24, 2.45) is 4.99 Å². The van der Waals surface area contributed by atoms with Crippen LogP contribution in [0.1, 0.15) is 39.0 Å². The molecule has 0 radical (unpaired) electrons. The highest BCUT2D eigenvalue weighted by Crippen LogP contribution is 2.17. The van der Waals surface area contributed by atoms with Crippen molar-refractivity contribution < 1.29 is 4.74 Å². The lowest BCUT2D eigenvalue weighted by Gasteiger charge is -2.32. The molecule has 3 aliphatic rings. The van der Waals surface area contributed by atoms with Crippen LogP contribution >= 0.6 is 0 Å². The van der Waals surface area contributed by atoms with E-state index in [2.05, 4.69) is 26.9 Å². The Morgan fingerprint density at radius 1 is 1.08 bits per heavy atom. The van der Waals surface area contributed by atoms with Gasteiger partial charge in [-0.15, -0.1) is 0 Å². The first-order chi connectivity index (χ1) is 12.4. The first-order valence-electron chi connectivity index (χ1n) is 10.4. The van der Waals surface area contributed by atoms with Gasteiger partial charge in [0.2, 0.25) is 0 Å². The van der Waals surface area contributed by atoms with Crippen LogP contribution in [0.2, 0.25) is 0 Å². The summed E-state index contributed by atoms with van der Waals surface area (Å²) in [5.74, 6) is 1.12. The van der Waals surface area contributed by atoms with Crippen molar-refractivity contribution in [3.8, 4) is 0 Å². The Bertz CT molecular complexity index is 405. The molecule has 3 rings (SSSR count). The minimum Gasteiger partial charge on any atom is -0.379 e. The molecule has 0 aromatic carbocycles. The molecule has 3 aliphatic heterocycles. The minimum absolute atomic E-state index is 0.669. The topological polar surface area (TPSA) is 43.3 Å². The van der Waals surface area contributed by atoms with Gasteiger partial charge >= 0.3 is 0 Å². The third-order valence-corrected chi connectivity index (χ3v) is 5.70. The van der Waals surface area contributed by atoms with Crippen molar-refractivity contribution in [3.63, 3.8) is 0 Å². The SMILES string of the molecule is CCNC(=NCCCCN1CCCC1)N1CCC(N2CCOCC2)C1. The Hall–Kier alpha value is -0.850. The number of likely N-dealkylation sites (tertiary alicyclic amines) is 2. The number of nitrogens with one attached hydrogen (secondary N) is 1. The van der Waals surface area contributed by atoms with E-state index in [1.165, 1.54) is 51.7 Å². The normalized spacial score (nSPS) is 26.5. The molecule has 3 fully saturated rings. The van der Waals surface area contributed by atoms with E-state index < -0.39 is 0 Å². The Labute approximate surface area is 153 Å². The minimum atomic E-state index is 0.669. The van der Waals surface area contributed by atoms with Gasteiger partial charge in [0.15, 0.2) is 5.96 Å².